The van der Waals surface area contributed by atoms with Gasteiger partial charge in [-0.15, -0.1) is 0 Å². The molecule has 1 nitrogen and oxygen atoms in total. The quantitative estimate of drug-likeness (QED) is 0.746. The van der Waals surface area contributed by atoms with Crippen LogP contribution in [-0.4, -0.2) is 6.54 Å². The van der Waals surface area contributed by atoms with Crippen LogP contribution in [0.15, 0.2) is 29.8 Å². The van der Waals surface area contributed by atoms with Crippen molar-refractivity contribution in [1.82, 2.24) is 0 Å². The molecule has 0 aliphatic heterocycles. The number of rotatable bonds is 2. The molecular weight excluding hydrogens is 170 g/mol. The first-order valence-corrected chi connectivity index (χ1v) is 4.23. The van der Waals surface area contributed by atoms with Gasteiger partial charge < -0.3 is 5.73 Å². The highest BCUT2D eigenvalue weighted by atomic mass is 35.5. The first kappa shape index (κ1) is 9.30. The van der Waals surface area contributed by atoms with Crippen LogP contribution in [0.25, 0.3) is 6.08 Å². The van der Waals surface area contributed by atoms with E-state index in [0.29, 0.717) is 6.54 Å². The van der Waals surface area contributed by atoms with Gasteiger partial charge in [-0.3, -0.25) is 0 Å². The van der Waals surface area contributed by atoms with Crippen molar-refractivity contribution < 1.29 is 0 Å². The van der Waals surface area contributed by atoms with Crippen LogP contribution < -0.4 is 5.73 Å². The van der Waals surface area contributed by atoms with Gasteiger partial charge in [0, 0.05) is 11.6 Å². The van der Waals surface area contributed by atoms with Gasteiger partial charge >= 0.3 is 0 Å². The second-order valence-corrected chi connectivity index (χ2v) is 3.19. The fourth-order valence-electron chi connectivity index (χ4n) is 0.940. The van der Waals surface area contributed by atoms with Crippen molar-refractivity contribution in [3.8, 4) is 0 Å². The van der Waals surface area contributed by atoms with Crippen LogP contribution in [0.5, 0.6) is 0 Å². The largest absolute Gasteiger partial charge is 0.327 e. The van der Waals surface area contributed by atoms with Crippen LogP contribution in [0.1, 0.15) is 12.5 Å². The van der Waals surface area contributed by atoms with E-state index in [1.54, 1.807) is 0 Å². The fraction of sp³-hybridized carbons (Fsp3) is 0.200. The molecule has 2 heteroatoms. The molecule has 0 aliphatic rings. The molecule has 1 aromatic rings. The molecule has 2 N–H and O–H groups in total. The van der Waals surface area contributed by atoms with Gasteiger partial charge in [-0.25, -0.2) is 0 Å². The molecule has 0 amide bonds. The van der Waals surface area contributed by atoms with Gasteiger partial charge in [0.15, 0.2) is 0 Å². The molecular formula is C10H12ClN. The second kappa shape index (κ2) is 4.29. The van der Waals surface area contributed by atoms with Crippen molar-refractivity contribution >= 4 is 17.7 Å². The molecule has 0 saturated heterocycles. The summed E-state index contributed by atoms with van der Waals surface area (Å²) in [6.45, 7) is 2.59. The Bertz CT molecular complexity index is 292. The van der Waals surface area contributed by atoms with Gasteiger partial charge in [-0.1, -0.05) is 35.4 Å². The predicted molar refractivity (Wildman–Crippen MR) is 54.2 cm³/mol. The van der Waals surface area contributed by atoms with E-state index in [1.165, 1.54) is 0 Å². The van der Waals surface area contributed by atoms with E-state index in [0.717, 1.165) is 16.2 Å². The lowest BCUT2D eigenvalue weighted by Gasteiger charge is -1.97. The van der Waals surface area contributed by atoms with Crippen molar-refractivity contribution in [3.63, 3.8) is 0 Å². The molecule has 0 fully saturated rings. The molecule has 64 valence electrons. The van der Waals surface area contributed by atoms with E-state index in [9.17, 15) is 0 Å². The molecule has 0 unspecified atom stereocenters. The second-order valence-electron chi connectivity index (χ2n) is 2.75. The van der Waals surface area contributed by atoms with Crippen molar-refractivity contribution in [2.45, 2.75) is 6.92 Å². The maximum absolute atomic E-state index is 5.81. The molecule has 0 radical (unpaired) electrons. The van der Waals surface area contributed by atoms with Crippen molar-refractivity contribution in [3.05, 3.63) is 40.4 Å². The Kier molecular flexibility index (Phi) is 3.32. The first-order chi connectivity index (χ1) is 5.72. The zero-order valence-corrected chi connectivity index (χ0v) is 7.81. The van der Waals surface area contributed by atoms with E-state index < -0.39 is 0 Å². The minimum absolute atomic E-state index is 0.590. The molecule has 0 heterocycles. The van der Waals surface area contributed by atoms with Crippen LogP contribution in [-0.2, 0) is 0 Å². The van der Waals surface area contributed by atoms with Crippen molar-refractivity contribution in [2.75, 3.05) is 6.54 Å². The Morgan fingerprint density at radius 1 is 1.58 bits per heavy atom. The molecule has 1 aromatic carbocycles. The highest BCUT2D eigenvalue weighted by Gasteiger charge is 1.90. The lowest BCUT2D eigenvalue weighted by molar-refractivity contribution is 1.15. The van der Waals surface area contributed by atoms with Gasteiger partial charge in [0.1, 0.15) is 0 Å². The molecule has 1 rings (SSSR count). The predicted octanol–water partition coefficient (Wildman–Crippen LogP) is 2.70. The summed E-state index contributed by atoms with van der Waals surface area (Å²) in [6.07, 6.45) is 2.03. The third-order valence-electron chi connectivity index (χ3n) is 1.58. The SMILES string of the molecule is C/C(=C/c1cccc(Cl)c1)CN. The smallest absolute Gasteiger partial charge is 0.0411 e. The zero-order valence-electron chi connectivity index (χ0n) is 7.05. The number of nitrogens with two attached hydrogens (primary N) is 1. The van der Waals surface area contributed by atoms with E-state index in [1.807, 2.05) is 37.3 Å². The number of halogens is 1. The maximum Gasteiger partial charge on any atom is 0.0411 e. The minimum Gasteiger partial charge on any atom is -0.327 e. The van der Waals surface area contributed by atoms with Crippen LogP contribution in [0.4, 0.5) is 0 Å². The van der Waals surface area contributed by atoms with Gasteiger partial charge in [0.25, 0.3) is 0 Å². The number of hydrogen-bond acceptors (Lipinski definition) is 1. The molecule has 0 atom stereocenters. The van der Waals surface area contributed by atoms with Gasteiger partial charge in [0.2, 0.25) is 0 Å². The van der Waals surface area contributed by atoms with Crippen molar-refractivity contribution in [2.24, 2.45) is 5.73 Å². The molecule has 0 bridgehead atoms. The van der Waals surface area contributed by atoms with Crippen LogP contribution in [0, 0.1) is 0 Å². The van der Waals surface area contributed by atoms with E-state index in [2.05, 4.69) is 0 Å². The summed E-state index contributed by atoms with van der Waals surface area (Å²) in [5.74, 6) is 0. The van der Waals surface area contributed by atoms with E-state index in [-0.39, 0.29) is 0 Å². The Labute approximate surface area is 77.8 Å². The Hall–Kier alpha value is -0.790. The zero-order chi connectivity index (χ0) is 8.97. The van der Waals surface area contributed by atoms with E-state index >= 15 is 0 Å². The molecule has 0 aromatic heterocycles. The molecule has 0 spiro atoms. The monoisotopic (exact) mass is 181 g/mol. The molecule has 0 saturated carbocycles. The van der Waals surface area contributed by atoms with Crippen LogP contribution in [0.3, 0.4) is 0 Å². The summed E-state index contributed by atoms with van der Waals surface area (Å²) in [7, 11) is 0. The minimum atomic E-state index is 0.590. The van der Waals surface area contributed by atoms with Crippen LogP contribution in [0.2, 0.25) is 5.02 Å². The summed E-state index contributed by atoms with van der Waals surface area (Å²) in [4.78, 5) is 0. The summed E-state index contributed by atoms with van der Waals surface area (Å²) in [5.41, 5.74) is 7.71. The molecule has 0 aliphatic carbocycles. The van der Waals surface area contributed by atoms with Crippen LogP contribution >= 0.6 is 11.6 Å². The van der Waals surface area contributed by atoms with E-state index in [4.69, 9.17) is 17.3 Å². The van der Waals surface area contributed by atoms with Gasteiger partial charge in [-0.2, -0.15) is 0 Å². The average molecular weight is 182 g/mol. The van der Waals surface area contributed by atoms with Gasteiger partial charge in [0.05, 0.1) is 0 Å². The Morgan fingerprint density at radius 3 is 2.92 bits per heavy atom. The summed E-state index contributed by atoms with van der Waals surface area (Å²) in [5, 5.41) is 0.758. The highest BCUT2D eigenvalue weighted by Crippen LogP contribution is 2.12. The standard InChI is InChI=1S/C10H12ClN/c1-8(7-12)5-9-3-2-4-10(11)6-9/h2-6H,7,12H2,1H3/b8-5-. The highest BCUT2D eigenvalue weighted by molar-refractivity contribution is 6.30. The first-order valence-electron chi connectivity index (χ1n) is 3.85. The fourth-order valence-corrected chi connectivity index (χ4v) is 1.14. The third kappa shape index (κ3) is 2.68. The van der Waals surface area contributed by atoms with Gasteiger partial charge in [-0.05, 0) is 24.6 Å². The lowest BCUT2D eigenvalue weighted by atomic mass is 10.1. The van der Waals surface area contributed by atoms with Crippen molar-refractivity contribution in [1.29, 1.82) is 0 Å². The third-order valence-corrected chi connectivity index (χ3v) is 1.82. The Morgan fingerprint density at radius 2 is 2.33 bits per heavy atom. The normalized spacial score (nSPS) is 11.8. The topological polar surface area (TPSA) is 26.0 Å². The Balaban J connectivity index is 2.89. The maximum atomic E-state index is 5.81. The number of benzene rings is 1. The average Bonchev–Trinajstić information content (AvgIpc) is 2.04. The lowest BCUT2D eigenvalue weighted by Crippen LogP contribution is -1.99. The summed E-state index contributed by atoms with van der Waals surface area (Å²) < 4.78 is 0. The summed E-state index contributed by atoms with van der Waals surface area (Å²) >= 11 is 5.81. The number of hydrogen-bond donors (Lipinski definition) is 1. The summed E-state index contributed by atoms with van der Waals surface area (Å²) in [6, 6.07) is 7.71. The molecule has 12 heavy (non-hydrogen) atoms.